The molecular formula is C31H37N5O2. The van der Waals surface area contributed by atoms with Crippen LogP contribution in [0.5, 0.6) is 0 Å². The van der Waals surface area contributed by atoms with Crippen LogP contribution in [0.2, 0.25) is 0 Å². The number of rotatable bonds is 7. The van der Waals surface area contributed by atoms with Crippen LogP contribution < -0.4 is 15.5 Å². The van der Waals surface area contributed by atoms with Gasteiger partial charge in [-0.2, -0.15) is 0 Å². The Hall–Kier alpha value is -3.84. The minimum atomic E-state index is -0.666. The van der Waals surface area contributed by atoms with Gasteiger partial charge in [-0.25, -0.2) is 0 Å². The van der Waals surface area contributed by atoms with Gasteiger partial charge in [0.15, 0.2) is 0 Å². The first kappa shape index (κ1) is 25.8. The highest BCUT2D eigenvalue weighted by molar-refractivity contribution is 6.01. The lowest BCUT2D eigenvalue weighted by molar-refractivity contribution is -0.122. The maximum absolute atomic E-state index is 13.6. The highest BCUT2D eigenvalue weighted by Crippen LogP contribution is 2.30. The van der Waals surface area contributed by atoms with Gasteiger partial charge in [-0.3, -0.25) is 9.59 Å². The number of primary amides is 1. The third-order valence-electron chi connectivity index (χ3n) is 7.64. The van der Waals surface area contributed by atoms with Crippen LogP contribution in [-0.2, 0) is 24.3 Å². The molecule has 3 aromatic rings. The van der Waals surface area contributed by atoms with E-state index in [0.29, 0.717) is 18.5 Å². The van der Waals surface area contributed by atoms with Crippen LogP contribution in [0.3, 0.4) is 0 Å². The smallest absolute Gasteiger partial charge is 0.255 e. The van der Waals surface area contributed by atoms with Gasteiger partial charge in [-0.05, 0) is 67.5 Å². The zero-order valence-corrected chi connectivity index (χ0v) is 22.6. The number of carbonyl (C=O) groups is 2. The maximum Gasteiger partial charge on any atom is 0.255 e. The summed E-state index contributed by atoms with van der Waals surface area (Å²) in [6.07, 6.45) is 0.435. The summed E-state index contributed by atoms with van der Waals surface area (Å²) in [5, 5.41) is 0. The summed E-state index contributed by atoms with van der Waals surface area (Å²) in [6.45, 7) is 6.99. The highest BCUT2D eigenvalue weighted by Gasteiger charge is 2.36. The molecule has 38 heavy (non-hydrogen) atoms. The molecule has 2 amide bonds. The van der Waals surface area contributed by atoms with Crippen molar-refractivity contribution in [2.45, 2.75) is 32.5 Å². The Labute approximate surface area is 225 Å². The predicted molar refractivity (Wildman–Crippen MR) is 152 cm³/mol. The normalized spacial score (nSPS) is 17.6. The molecule has 1 saturated heterocycles. The molecule has 3 aromatic carbocycles. The molecule has 1 atom stereocenters. The number of nitrogens with zero attached hydrogens (tertiary/aromatic N) is 4. The van der Waals surface area contributed by atoms with Gasteiger partial charge >= 0.3 is 0 Å². The Kier molecular flexibility index (Phi) is 7.38. The lowest BCUT2D eigenvalue weighted by Gasteiger charge is -2.39. The molecule has 7 heteroatoms. The Morgan fingerprint density at radius 3 is 2.34 bits per heavy atom. The molecule has 0 bridgehead atoms. The van der Waals surface area contributed by atoms with Crippen molar-refractivity contribution in [3.05, 3.63) is 94.5 Å². The second-order valence-electron chi connectivity index (χ2n) is 10.7. The molecule has 2 aliphatic rings. The first-order valence-electron chi connectivity index (χ1n) is 13.3. The second-order valence-corrected chi connectivity index (χ2v) is 10.7. The Balaban J connectivity index is 1.33. The molecule has 198 valence electrons. The van der Waals surface area contributed by atoms with Crippen LogP contribution in [0.1, 0.15) is 32.6 Å². The number of benzene rings is 3. The van der Waals surface area contributed by atoms with E-state index >= 15 is 0 Å². The number of fused-ring (bicyclic) bond motifs is 1. The van der Waals surface area contributed by atoms with E-state index in [1.807, 2.05) is 38.4 Å². The molecule has 2 heterocycles. The lowest BCUT2D eigenvalue weighted by Crippen LogP contribution is -2.52. The summed E-state index contributed by atoms with van der Waals surface area (Å²) in [6, 6.07) is 22.1. The summed E-state index contributed by atoms with van der Waals surface area (Å²) < 4.78 is 0. The Morgan fingerprint density at radius 2 is 1.63 bits per heavy atom. The molecule has 5 rings (SSSR count). The number of aryl methyl sites for hydroxylation is 1. The van der Waals surface area contributed by atoms with Crippen LogP contribution in [0.4, 0.5) is 11.4 Å². The van der Waals surface area contributed by atoms with Gasteiger partial charge in [-0.1, -0.05) is 42.5 Å². The third-order valence-corrected chi connectivity index (χ3v) is 7.64. The van der Waals surface area contributed by atoms with E-state index in [2.05, 4.69) is 64.1 Å². The first-order valence-corrected chi connectivity index (χ1v) is 13.3. The average Bonchev–Trinajstić information content (AvgIpc) is 2.90. The Morgan fingerprint density at radius 1 is 0.921 bits per heavy atom. The SMILES string of the molecule is Cc1ccccc1N1CCN(c2ccc3c(c2)CC(C(N)=O)N(Cc2cccc(CN(C)C)c2)C3=O)CC1. The lowest BCUT2D eigenvalue weighted by atomic mass is 9.91. The van der Waals surface area contributed by atoms with Gasteiger partial charge in [0.05, 0.1) is 0 Å². The molecule has 0 aliphatic carbocycles. The number of hydrogen-bond acceptors (Lipinski definition) is 5. The summed E-state index contributed by atoms with van der Waals surface area (Å²) in [7, 11) is 4.05. The van der Waals surface area contributed by atoms with Crippen molar-refractivity contribution in [1.82, 2.24) is 9.80 Å². The highest BCUT2D eigenvalue weighted by atomic mass is 16.2. The summed E-state index contributed by atoms with van der Waals surface area (Å²) in [5.74, 6) is -0.602. The van der Waals surface area contributed by atoms with Crippen molar-refractivity contribution in [3.63, 3.8) is 0 Å². The van der Waals surface area contributed by atoms with Crippen molar-refractivity contribution in [2.75, 3.05) is 50.1 Å². The minimum Gasteiger partial charge on any atom is -0.368 e. The van der Waals surface area contributed by atoms with Crippen molar-refractivity contribution >= 4 is 23.2 Å². The largest absolute Gasteiger partial charge is 0.368 e. The van der Waals surface area contributed by atoms with Gasteiger partial charge in [0.1, 0.15) is 6.04 Å². The van der Waals surface area contributed by atoms with Crippen LogP contribution in [-0.4, -0.2) is 67.9 Å². The molecule has 2 N–H and O–H groups in total. The van der Waals surface area contributed by atoms with E-state index in [4.69, 9.17) is 5.73 Å². The van der Waals surface area contributed by atoms with Crippen LogP contribution in [0.25, 0.3) is 0 Å². The number of piperazine rings is 1. The van der Waals surface area contributed by atoms with E-state index in [9.17, 15) is 9.59 Å². The quantitative estimate of drug-likeness (QED) is 0.526. The predicted octanol–water partition coefficient (Wildman–Crippen LogP) is 3.44. The van der Waals surface area contributed by atoms with Gasteiger partial charge in [0.25, 0.3) is 5.91 Å². The van der Waals surface area contributed by atoms with Crippen molar-refractivity contribution < 1.29 is 9.59 Å². The standard InChI is InChI=1S/C31H37N5O2/c1-22-7-4-5-10-28(22)35-15-13-34(14-16-35)26-11-12-27-25(18-26)19-29(30(32)37)36(31(27)38)21-24-9-6-8-23(17-24)20-33(2)3/h4-12,17-18,29H,13-16,19-21H2,1-3H3,(H2,32,37). The summed E-state index contributed by atoms with van der Waals surface area (Å²) in [5.41, 5.74) is 13.2. The van der Waals surface area contributed by atoms with E-state index in [1.165, 1.54) is 16.8 Å². The zero-order valence-electron chi connectivity index (χ0n) is 22.6. The van der Waals surface area contributed by atoms with Crippen molar-refractivity contribution in [3.8, 4) is 0 Å². The maximum atomic E-state index is 13.6. The number of amides is 2. The van der Waals surface area contributed by atoms with Gasteiger partial charge in [0.2, 0.25) is 5.91 Å². The molecule has 7 nitrogen and oxygen atoms in total. The van der Waals surface area contributed by atoms with Gasteiger partial charge in [0, 0.05) is 62.6 Å². The molecule has 2 aliphatic heterocycles. The first-order chi connectivity index (χ1) is 18.3. The van der Waals surface area contributed by atoms with Crippen LogP contribution in [0.15, 0.2) is 66.7 Å². The summed E-state index contributed by atoms with van der Waals surface area (Å²) >= 11 is 0. The third kappa shape index (κ3) is 5.38. The topological polar surface area (TPSA) is 73.1 Å². The van der Waals surface area contributed by atoms with Gasteiger partial charge in [-0.15, -0.1) is 0 Å². The monoisotopic (exact) mass is 511 g/mol. The average molecular weight is 512 g/mol. The molecule has 1 unspecified atom stereocenters. The molecule has 1 fully saturated rings. The fourth-order valence-corrected chi connectivity index (χ4v) is 5.72. The molecule has 0 spiro atoms. The van der Waals surface area contributed by atoms with E-state index in [-0.39, 0.29) is 5.91 Å². The van der Waals surface area contributed by atoms with Crippen LogP contribution >= 0.6 is 0 Å². The minimum absolute atomic E-state index is 0.135. The van der Waals surface area contributed by atoms with Crippen LogP contribution in [0, 0.1) is 6.92 Å². The van der Waals surface area contributed by atoms with Crippen molar-refractivity contribution in [1.29, 1.82) is 0 Å². The number of hydrogen-bond donors (Lipinski definition) is 1. The Bertz CT molecular complexity index is 1330. The summed E-state index contributed by atoms with van der Waals surface area (Å²) in [4.78, 5) is 34.7. The molecule has 0 aromatic heterocycles. The number of carbonyl (C=O) groups excluding carboxylic acids is 2. The van der Waals surface area contributed by atoms with Crippen molar-refractivity contribution in [2.24, 2.45) is 5.73 Å². The van der Waals surface area contributed by atoms with E-state index in [1.54, 1.807) is 4.90 Å². The van der Waals surface area contributed by atoms with E-state index in [0.717, 1.165) is 49.5 Å². The molecular weight excluding hydrogens is 474 g/mol. The molecule has 0 saturated carbocycles. The fraction of sp³-hybridized carbons (Fsp3) is 0.355. The number of nitrogens with two attached hydrogens (primary N) is 1. The van der Waals surface area contributed by atoms with E-state index < -0.39 is 11.9 Å². The second kappa shape index (κ2) is 10.9. The van der Waals surface area contributed by atoms with Gasteiger partial charge < -0.3 is 25.3 Å². The zero-order chi connectivity index (χ0) is 26.8. The fourth-order valence-electron chi connectivity index (χ4n) is 5.72. The molecule has 0 radical (unpaired) electrons. The number of anilines is 2. The number of para-hydroxylation sites is 1.